The predicted octanol–water partition coefficient (Wildman–Crippen LogP) is -3.92. The van der Waals surface area contributed by atoms with E-state index in [4.69, 9.17) is 5.84 Å². The summed E-state index contributed by atoms with van der Waals surface area (Å²) in [4.78, 5) is 31.4. The molecule has 0 rings (SSSR count). The third-order valence-corrected chi connectivity index (χ3v) is 0.908. The maximum atomic E-state index is 10.6. The predicted molar refractivity (Wildman–Crippen MR) is 37.7 cm³/mol. The van der Waals surface area contributed by atoms with Crippen molar-refractivity contribution in [2.45, 2.75) is 0 Å². The summed E-state index contributed by atoms with van der Waals surface area (Å²) in [6.07, 6.45) is 0. The molecule has 0 radical (unpaired) electrons. The minimum atomic E-state index is -1.03. The van der Waals surface area contributed by atoms with Crippen LogP contribution in [0.1, 0.15) is 0 Å². The summed E-state index contributed by atoms with van der Waals surface area (Å²) in [5.74, 6) is 6.67. The standard InChI is InChI=1S/C4H9N5O3/c5-8-2(10)1-7-3(11)4(12)9-6/h1,5-6H2,(H,7,11)(H,8,10)(H,9,12). The van der Waals surface area contributed by atoms with E-state index in [2.05, 4.69) is 5.84 Å². The molecule has 8 heteroatoms. The average Bonchev–Trinajstić information content (AvgIpc) is 2.11. The molecule has 0 heterocycles. The monoisotopic (exact) mass is 175 g/mol. The van der Waals surface area contributed by atoms with E-state index < -0.39 is 17.7 Å². The molecule has 0 unspecified atom stereocenters. The number of carbonyl (C=O) groups is 3. The Morgan fingerprint density at radius 3 is 2.00 bits per heavy atom. The van der Waals surface area contributed by atoms with Crippen LogP contribution in [0.2, 0.25) is 0 Å². The van der Waals surface area contributed by atoms with E-state index in [0.29, 0.717) is 0 Å². The second-order valence-electron chi connectivity index (χ2n) is 1.72. The number of nitrogens with two attached hydrogens (primary N) is 2. The first-order valence-corrected chi connectivity index (χ1v) is 2.90. The van der Waals surface area contributed by atoms with Crippen LogP contribution in [0.5, 0.6) is 0 Å². The molecule has 0 aliphatic carbocycles. The molecule has 0 aromatic heterocycles. The third kappa shape index (κ3) is 3.49. The first kappa shape index (κ1) is 10.3. The Labute approximate surface area is 67.6 Å². The van der Waals surface area contributed by atoms with Crippen molar-refractivity contribution >= 4 is 17.7 Å². The second kappa shape index (κ2) is 5.04. The molecular weight excluding hydrogens is 166 g/mol. The highest BCUT2D eigenvalue weighted by Gasteiger charge is 2.11. The summed E-state index contributed by atoms with van der Waals surface area (Å²) >= 11 is 0. The first-order valence-electron chi connectivity index (χ1n) is 2.90. The van der Waals surface area contributed by atoms with Crippen molar-refractivity contribution in [3.63, 3.8) is 0 Å². The van der Waals surface area contributed by atoms with Crippen LogP contribution in [0.4, 0.5) is 0 Å². The molecule has 0 spiro atoms. The Hall–Kier alpha value is -1.67. The Morgan fingerprint density at radius 2 is 1.58 bits per heavy atom. The summed E-state index contributed by atoms with van der Waals surface area (Å²) < 4.78 is 0. The van der Waals surface area contributed by atoms with Crippen molar-refractivity contribution in [2.75, 3.05) is 6.54 Å². The number of hydrazine groups is 2. The molecule has 0 bridgehead atoms. The number of carbonyl (C=O) groups excluding carboxylic acids is 3. The van der Waals surface area contributed by atoms with E-state index in [-0.39, 0.29) is 6.54 Å². The zero-order chi connectivity index (χ0) is 9.56. The molecule has 7 N–H and O–H groups in total. The van der Waals surface area contributed by atoms with Crippen molar-refractivity contribution in [1.29, 1.82) is 0 Å². The van der Waals surface area contributed by atoms with E-state index in [1.165, 1.54) is 0 Å². The lowest BCUT2D eigenvalue weighted by molar-refractivity contribution is -0.139. The number of hydrogen-bond acceptors (Lipinski definition) is 5. The van der Waals surface area contributed by atoms with Crippen LogP contribution in [-0.2, 0) is 14.4 Å². The molecule has 0 atom stereocenters. The molecule has 0 aromatic carbocycles. The SMILES string of the molecule is NNC(=O)CNC(=O)C(=O)NN. The van der Waals surface area contributed by atoms with E-state index in [1.807, 2.05) is 5.32 Å². The molecule has 8 nitrogen and oxygen atoms in total. The Morgan fingerprint density at radius 1 is 1.00 bits per heavy atom. The second-order valence-corrected chi connectivity index (χ2v) is 1.72. The van der Waals surface area contributed by atoms with Gasteiger partial charge in [-0.1, -0.05) is 0 Å². The van der Waals surface area contributed by atoms with E-state index in [0.717, 1.165) is 0 Å². The van der Waals surface area contributed by atoms with Gasteiger partial charge in [0.05, 0.1) is 6.54 Å². The topological polar surface area (TPSA) is 139 Å². The summed E-state index contributed by atoms with van der Waals surface area (Å²) in [6, 6.07) is 0. The molecule has 12 heavy (non-hydrogen) atoms. The summed E-state index contributed by atoms with van der Waals surface area (Å²) in [7, 11) is 0. The van der Waals surface area contributed by atoms with Crippen LogP contribution < -0.4 is 27.9 Å². The zero-order valence-electron chi connectivity index (χ0n) is 6.09. The summed E-state index contributed by atoms with van der Waals surface area (Å²) in [6.45, 7) is -0.372. The van der Waals surface area contributed by atoms with Crippen molar-refractivity contribution in [3.05, 3.63) is 0 Å². The Bertz CT molecular complexity index is 203. The van der Waals surface area contributed by atoms with Gasteiger partial charge in [-0.15, -0.1) is 0 Å². The van der Waals surface area contributed by atoms with Crippen LogP contribution in [0.3, 0.4) is 0 Å². The first-order chi connectivity index (χ1) is 5.61. The molecule has 0 saturated carbocycles. The number of amides is 3. The van der Waals surface area contributed by atoms with Crippen molar-refractivity contribution in [2.24, 2.45) is 11.7 Å². The van der Waals surface area contributed by atoms with Crippen LogP contribution in [0.15, 0.2) is 0 Å². The lowest BCUT2D eigenvalue weighted by Crippen LogP contribution is -2.47. The van der Waals surface area contributed by atoms with E-state index >= 15 is 0 Å². The molecular formula is C4H9N5O3. The molecule has 0 aliphatic heterocycles. The van der Waals surface area contributed by atoms with Gasteiger partial charge in [-0.3, -0.25) is 25.2 Å². The third-order valence-electron chi connectivity index (χ3n) is 0.908. The van der Waals surface area contributed by atoms with Crippen molar-refractivity contribution in [1.82, 2.24) is 16.2 Å². The van der Waals surface area contributed by atoms with Gasteiger partial charge < -0.3 is 5.32 Å². The van der Waals surface area contributed by atoms with Gasteiger partial charge in [0.2, 0.25) is 0 Å². The van der Waals surface area contributed by atoms with Gasteiger partial charge in [0, 0.05) is 0 Å². The van der Waals surface area contributed by atoms with Crippen LogP contribution in [0.25, 0.3) is 0 Å². The van der Waals surface area contributed by atoms with Gasteiger partial charge in [-0.2, -0.15) is 0 Å². The molecule has 0 saturated heterocycles. The maximum Gasteiger partial charge on any atom is 0.323 e. The summed E-state index contributed by atoms with van der Waals surface area (Å²) in [5, 5.41) is 1.96. The maximum absolute atomic E-state index is 10.6. The highest BCUT2D eigenvalue weighted by Crippen LogP contribution is 1.65. The van der Waals surface area contributed by atoms with Crippen LogP contribution in [0, 0.1) is 0 Å². The molecule has 0 aromatic rings. The fourth-order valence-corrected chi connectivity index (χ4v) is 0.357. The zero-order valence-corrected chi connectivity index (χ0v) is 6.09. The van der Waals surface area contributed by atoms with Gasteiger partial charge >= 0.3 is 11.8 Å². The van der Waals surface area contributed by atoms with Gasteiger partial charge in [-0.05, 0) is 0 Å². The van der Waals surface area contributed by atoms with Crippen LogP contribution >= 0.6 is 0 Å². The Kier molecular flexibility index (Phi) is 4.34. The average molecular weight is 175 g/mol. The van der Waals surface area contributed by atoms with Crippen LogP contribution in [-0.4, -0.2) is 24.3 Å². The lowest BCUT2D eigenvalue weighted by atomic mass is 10.5. The van der Waals surface area contributed by atoms with Gasteiger partial charge in [0.25, 0.3) is 5.91 Å². The molecule has 0 fully saturated rings. The van der Waals surface area contributed by atoms with E-state index in [1.54, 1.807) is 10.9 Å². The molecule has 68 valence electrons. The summed E-state index contributed by atoms with van der Waals surface area (Å²) in [5.41, 5.74) is 3.35. The fraction of sp³-hybridized carbons (Fsp3) is 0.250. The van der Waals surface area contributed by atoms with Crippen molar-refractivity contribution < 1.29 is 14.4 Å². The normalized spacial score (nSPS) is 8.50. The quantitative estimate of drug-likeness (QED) is 0.126. The minimum Gasteiger partial charge on any atom is -0.339 e. The van der Waals surface area contributed by atoms with E-state index in [9.17, 15) is 14.4 Å². The molecule has 0 aliphatic rings. The lowest BCUT2D eigenvalue weighted by Gasteiger charge is -2.01. The number of hydrogen-bond donors (Lipinski definition) is 5. The van der Waals surface area contributed by atoms with Gasteiger partial charge in [0.15, 0.2) is 0 Å². The minimum absolute atomic E-state index is 0.372. The van der Waals surface area contributed by atoms with Gasteiger partial charge in [0.1, 0.15) is 0 Å². The highest BCUT2D eigenvalue weighted by atomic mass is 16.2. The fourth-order valence-electron chi connectivity index (χ4n) is 0.357. The Balaban J connectivity index is 3.72. The highest BCUT2D eigenvalue weighted by molar-refractivity contribution is 6.35. The number of rotatable bonds is 2. The number of nitrogens with one attached hydrogen (secondary N) is 3. The van der Waals surface area contributed by atoms with Crippen molar-refractivity contribution in [3.8, 4) is 0 Å². The molecule has 3 amide bonds. The smallest absolute Gasteiger partial charge is 0.323 e. The largest absolute Gasteiger partial charge is 0.339 e. The van der Waals surface area contributed by atoms with Gasteiger partial charge in [-0.25, -0.2) is 11.7 Å².